The molecule has 1 aliphatic heterocycles. The zero-order valence-corrected chi connectivity index (χ0v) is 10.5. The van der Waals surface area contributed by atoms with Gasteiger partial charge in [-0.2, -0.15) is 0 Å². The van der Waals surface area contributed by atoms with Gasteiger partial charge in [0.15, 0.2) is 0 Å². The van der Waals surface area contributed by atoms with Gasteiger partial charge in [-0.25, -0.2) is 0 Å². The highest BCUT2D eigenvalue weighted by Crippen LogP contribution is 2.23. The van der Waals surface area contributed by atoms with E-state index in [9.17, 15) is 9.90 Å². The van der Waals surface area contributed by atoms with Gasteiger partial charge in [-0.3, -0.25) is 4.79 Å². The summed E-state index contributed by atoms with van der Waals surface area (Å²) in [5.74, 6) is 0.559. The number of amides is 1. The minimum absolute atomic E-state index is 0.129. The fraction of sp³-hybridized carbons (Fsp3) is 0.923. The van der Waals surface area contributed by atoms with Crippen molar-refractivity contribution in [3.8, 4) is 0 Å². The van der Waals surface area contributed by atoms with E-state index in [1.54, 1.807) is 0 Å². The molecule has 0 aromatic heterocycles. The van der Waals surface area contributed by atoms with Crippen molar-refractivity contribution in [2.45, 2.75) is 44.6 Å². The molecule has 2 unspecified atom stereocenters. The van der Waals surface area contributed by atoms with Gasteiger partial charge in [0, 0.05) is 19.0 Å². The highest BCUT2D eigenvalue weighted by atomic mass is 16.3. The molecule has 3 N–H and O–H groups in total. The van der Waals surface area contributed by atoms with Crippen molar-refractivity contribution in [3.05, 3.63) is 0 Å². The average molecular weight is 240 g/mol. The number of piperidine rings is 1. The summed E-state index contributed by atoms with van der Waals surface area (Å²) >= 11 is 0. The second kappa shape index (κ2) is 6.36. The molecule has 0 radical (unpaired) electrons. The predicted octanol–water partition coefficient (Wildman–Crippen LogP) is 0.653. The maximum Gasteiger partial charge on any atom is 0.224 e. The molecular weight excluding hydrogens is 216 g/mol. The second-order valence-electron chi connectivity index (χ2n) is 5.40. The first-order valence-corrected chi connectivity index (χ1v) is 6.94. The lowest BCUT2D eigenvalue weighted by Gasteiger charge is -2.29. The number of hydrogen-bond acceptors (Lipinski definition) is 3. The molecule has 3 atom stereocenters. The molecule has 0 spiro atoms. The predicted molar refractivity (Wildman–Crippen MR) is 66.6 cm³/mol. The van der Waals surface area contributed by atoms with Crippen molar-refractivity contribution < 1.29 is 9.90 Å². The van der Waals surface area contributed by atoms with Gasteiger partial charge < -0.3 is 15.7 Å². The molecule has 0 aromatic carbocycles. The van der Waals surface area contributed by atoms with Crippen LogP contribution in [0.5, 0.6) is 0 Å². The minimum atomic E-state index is -0.214. The van der Waals surface area contributed by atoms with Crippen LogP contribution < -0.4 is 10.6 Å². The topological polar surface area (TPSA) is 61.4 Å². The Bertz CT molecular complexity index is 252. The molecule has 1 saturated heterocycles. The normalized spacial score (nSPS) is 34.3. The molecule has 1 aliphatic carbocycles. The highest BCUT2D eigenvalue weighted by Gasteiger charge is 2.25. The zero-order chi connectivity index (χ0) is 12.1. The molecule has 0 aromatic rings. The fourth-order valence-electron chi connectivity index (χ4n) is 2.88. The number of carbonyl (C=O) groups excluding carboxylic acids is 1. The first-order valence-electron chi connectivity index (χ1n) is 6.94. The van der Waals surface area contributed by atoms with Crippen molar-refractivity contribution in [1.29, 1.82) is 0 Å². The van der Waals surface area contributed by atoms with Crippen LogP contribution in [0.2, 0.25) is 0 Å². The molecular formula is C13H24N2O2. The smallest absolute Gasteiger partial charge is 0.224 e. The lowest BCUT2D eigenvalue weighted by molar-refractivity contribution is -0.125. The van der Waals surface area contributed by atoms with Crippen LogP contribution in [-0.4, -0.2) is 36.8 Å². The Morgan fingerprint density at radius 3 is 2.76 bits per heavy atom. The zero-order valence-electron chi connectivity index (χ0n) is 10.5. The monoisotopic (exact) mass is 240 g/mol. The van der Waals surface area contributed by atoms with Crippen molar-refractivity contribution in [1.82, 2.24) is 10.6 Å². The van der Waals surface area contributed by atoms with Crippen molar-refractivity contribution in [2.75, 3.05) is 19.6 Å². The third-order valence-electron chi connectivity index (χ3n) is 4.08. The van der Waals surface area contributed by atoms with Gasteiger partial charge in [-0.15, -0.1) is 0 Å². The van der Waals surface area contributed by atoms with E-state index in [0.717, 1.165) is 45.2 Å². The van der Waals surface area contributed by atoms with Crippen LogP contribution in [0.25, 0.3) is 0 Å². The van der Waals surface area contributed by atoms with E-state index in [2.05, 4.69) is 10.6 Å². The lowest BCUT2D eigenvalue weighted by atomic mass is 9.86. The summed E-state index contributed by atoms with van der Waals surface area (Å²) in [5.41, 5.74) is 0. The maximum atomic E-state index is 11.9. The van der Waals surface area contributed by atoms with Crippen LogP contribution in [0.15, 0.2) is 0 Å². The second-order valence-corrected chi connectivity index (χ2v) is 5.40. The first kappa shape index (κ1) is 12.8. The highest BCUT2D eigenvalue weighted by molar-refractivity contribution is 5.78. The Labute approximate surface area is 103 Å². The Hall–Kier alpha value is -0.610. The van der Waals surface area contributed by atoms with Gasteiger partial charge in [0.05, 0.1) is 12.0 Å². The summed E-state index contributed by atoms with van der Waals surface area (Å²) in [6.07, 6.45) is 6.11. The van der Waals surface area contributed by atoms with E-state index in [0.29, 0.717) is 6.54 Å². The largest absolute Gasteiger partial charge is 0.393 e. The lowest BCUT2D eigenvalue weighted by Crippen LogP contribution is -2.43. The van der Waals surface area contributed by atoms with Gasteiger partial charge >= 0.3 is 0 Å². The molecule has 98 valence electrons. The van der Waals surface area contributed by atoms with Crippen LogP contribution in [0.3, 0.4) is 0 Å². The SMILES string of the molecule is O=C(NCC1CCCCC1O)[C@H]1CCCNC1. The summed E-state index contributed by atoms with van der Waals surface area (Å²) in [5, 5.41) is 16.1. The molecule has 2 fully saturated rings. The van der Waals surface area contributed by atoms with Gasteiger partial charge in [0.2, 0.25) is 5.91 Å². The Balaban J connectivity index is 1.71. The van der Waals surface area contributed by atoms with Crippen LogP contribution in [0.1, 0.15) is 38.5 Å². The quantitative estimate of drug-likeness (QED) is 0.679. The molecule has 4 heteroatoms. The van der Waals surface area contributed by atoms with Crippen LogP contribution in [-0.2, 0) is 4.79 Å². The van der Waals surface area contributed by atoms with E-state index in [4.69, 9.17) is 0 Å². The number of aliphatic hydroxyl groups excluding tert-OH is 1. The number of rotatable bonds is 3. The third kappa shape index (κ3) is 3.68. The summed E-state index contributed by atoms with van der Waals surface area (Å²) < 4.78 is 0. The molecule has 2 aliphatic rings. The van der Waals surface area contributed by atoms with Gasteiger partial charge in [0.1, 0.15) is 0 Å². The van der Waals surface area contributed by atoms with Crippen molar-refractivity contribution >= 4 is 5.91 Å². The number of nitrogens with one attached hydrogen (secondary N) is 2. The van der Waals surface area contributed by atoms with E-state index >= 15 is 0 Å². The van der Waals surface area contributed by atoms with E-state index in [1.807, 2.05) is 0 Å². The molecule has 4 nitrogen and oxygen atoms in total. The average Bonchev–Trinajstić information content (AvgIpc) is 2.38. The van der Waals surface area contributed by atoms with Gasteiger partial charge in [-0.1, -0.05) is 12.8 Å². The number of carbonyl (C=O) groups is 1. The number of aliphatic hydroxyl groups is 1. The summed E-state index contributed by atoms with van der Waals surface area (Å²) in [6, 6.07) is 0. The van der Waals surface area contributed by atoms with E-state index in [1.165, 1.54) is 6.42 Å². The maximum absolute atomic E-state index is 11.9. The fourth-order valence-corrected chi connectivity index (χ4v) is 2.88. The third-order valence-corrected chi connectivity index (χ3v) is 4.08. The standard InChI is InChI=1S/C13H24N2O2/c16-12-6-2-1-4-10(12)9-15-13(17)11-5-3-7-14-8-11/h10-12,14,16H,1-9H2,(H,15,17)/t10?,11-,12?/m0/s1. The minimum Gasteiger partial charge on any atom is -0.393 e. The van der Waals surface area contributed by atoms with Crippen LogP contribution in [0, 0.1) is 11.8 Å². The number of hydrogen-bond donors (Lipinski definition) is 3. The Kier molecular flexibility index (Phi) is 4.80. The van der Waals surface area contributed by atoms with Crippen LogP contribution >= 0.6 is 0 Å². The molecule has 1 saturated carbocycles. The van der Waals surface area contributed by atoms with Gasteiger partial charge in [0.25, 0.3) is 0 Å². The summed E-state index contributed by atoms with van der Waals surface area (Å²) in [6.45, 7) is 2.49. The first-order chi connectivity index (χ1) is 8.27. The summed E-state index contributed by atoms with van der Waals surface area (Å²) in [4.78, 5) is 11.9. The van der Waals surface area contributed by atoms with Crippen molar-refractivity contribution in [3.63, 3.8) is 0 Å². The molecule has 1 heterocycles. The molecule has 2 rings (SSSR count). The Morgan fingerprint density at radius 2 is 2.06 bits per heavy atom. The Morgan fingerprint density at radius 1 is 1.24 bits per heavy atom. The van der Waals surface area contributed by atoms with Gasteiger partial charge in [-0.05, 0) is 32.2 Å². The molecule has 1 amide bonds. The van der Waals surface area contributed by atoms with Crippen molar-refractivity contribution in [2.24, 2.45) is 11.8 Å². The van der Waals surface area contributed by atoms with Crippen LogP contribution in [0.4, 0.5) is 0 Å². The summed E-state index contributed by atoms with van der Waals surface area (Å²) in [7, 11) is 0. The van der Waals surface area contributed by atoms with E-state index in [-0.39, 0.29) is 23.8 Å². The molecule has 0 bridgehead atoms. The molecule has 17 heavy (non-hydrogen) atoms. The van der Waals surface area contributed by atoms with E-state index < -0.39 is 0 Å².